The molecule has 0 radical (unpaired) electrons. The van der Waals surface area contributed by atoms with Gasteiger partial charge in [0, 0.05) is 32.5 Å². The molecule has 0 saturated heterocycles. The number of anilines is 1. The SMILES string of the molecule is COCCN(c1ncc(C=O)cc1C)C(C)COC. The van der Waals surface area contributed by atoms with Crippen LogP contribution < -0.4 is 4.90 Å². The Morgan fingerprint density at radius 3 is 2.68 bits per heavy atom. The molecule has 0 bridgehead atoms. The highest BCUT2D eigenvalue weighted by Crippen LogP contribution is 2.19. The van der Waals surface area contributed by atoms with E-state index < -0.39 is 0 Å². The minimum atomic E-state index is 0.188. The molecule has 1 unspecified atom stereocenters. The van der Waals surface area contributed by atoms with Crippen LogP contribution in [-0.4, -0.2) is 51.3 Å². The number of carbonyl (C=O) groups is 1. The Bertz CT molecular complexity index is 410. The van der Waals surface area contributed by atoms with Gasteiger partial charge < -0.3 is 14.4 Å². The first-order valence-corrected chi connectivity index (χ1v) is 6.30. The molecule has 0 amide bonds. The summed E-state index contributed by atoms with van der Waals surface area (Å²) in [7, 11) is 3.36. The van der Waals surface area contributed by atoms with Crippen LogP contribution in [0.4, 0.5) is 5.82 Å². The number of nitrogens with zero attached hydrogens (tertiary/aromatic N) is 2. The molecule has 1 rings (SSSR count). The molecule has 0 aliphatic rings. The Morgan fingerprint density at radius 1 is 1.42 bits per heavy atom. The molecule has 0 fully saturated rings. The number of carbonyl (C=O) groups excluding carboxylic acids is 1. The maximum Gasteiger partial charge on any atom is 0.151 e. The van der Waals surface area contributed by atoms with Crippen molar-refractivity contribution in [2.75, 3.05) is 38.9 Å². The first-order valence-electron chi connectivity index (χ1n) is 6.30. The molecular weight excluding hydrogens is 244 g/mol. The van der Waals surface area contributed by atoms with Crippen LogP contribution in [0.5, 0.6) is 0 Å². The van der Waals surface area contributed by atoms with Crippen LogP contribution >= 0.6 is 0 Å². The summed E-state index contributed by atoms with van der Waals surface area (Å²) in [4.78, 5) is 17.3. The van der Waals surface area contributed by atoms with E-state index in [0.717, 1.165) is 24.2 Å². The van der Waals surface area contributed by atoms with Crippen molar-refractivity contribution < 1.29 is 14.3 Å². The van der Waals surface area contributed by atoms with E-state index in [0.29, 0.717) is 18.8 Å². The molecule has 106 valence electrons. The van der Waals surface area contributed by atoms with E-state index in [9.17, 15) is 4.79 Å². The third kappa shape index (κ3) is 4.29. The van der Waals surface area contributed by atoms with Crippen molar-refractivity contribution >= 4 is 12.1 Å². The van der Waals surface area contributed by atoms with Crippen molar-refractivity contribution in [3.8, 4) is 0 Å². The fraction of sp³-hybridized carbons (Fsp3) is 0.571. The molecule has 19 heavy (non-hydrogen) atoms. The topological polar surface area (TPSA) is 51.7 Å². The molecule has 1 heterocycles. The average molecular weight is 266 g/mol. The standard InChI is InChI=1S/C14H22N2O3/c1-11-7-13(9-17)8-15-14(11)16(5-6-18-3)12(2)10-19-4/h7-9,12H,5-6,10H2,1-4H3. The molecule has 1 aromatic rings. The Morgan fingerprint density at radius 2 is 2.16 bits per heavy atom. The summed E-state index contributed by atoms with van der Waals surface area (Å²) >= 11 is 0. The van der Waals surface area contributed by atoms with Gasteiger partial charge in [0.25, 0.3) is 0 Å². The van der Waals surface area contributed by atoms with E-state index >= 15 is 0 Å². The smallest absolute Gasteiger partial charge is 0.151 e. The van der Waals surface area contributed by atoms with E-state index in [-0.39, 0.29) is 6.04 Å². The second-order valence-corrected chi connectivity index (χ2v) is 4.52. The lowest BCUT2D eigenvalue weighted by atomic mass is 10.2. The fourth-order valence-electron chi connectivity index (χ4n) is 2.01. The molecule has 0 aliphatic carbocycles. The van der Waals surface area contributed by atoms with Crippen LogP contribution in [0.25, 0.3) is 0 Å². The van der Waals surface area contributed by atoms with Gasteiger partial charge in [0.1, 0.15) is 5.82 Å². The monoisotopic (exact) mass is 266 g/mol. The van der Waals surface area contributed by atoms with Crippen molar-refractivity contribution in [1.29, 1.82) is 0 Å². The third-order valence-corrected chi connectivity index (χ3v) is 2.96. The summed E-state index contributed by atoms with van der Waals surface area (Å²) in [5, 5.41) is 0. The Balaban J connectivity index is 2.98. The predicted molar refractivity (Wildman–Crippen MR) is 74.9 cm³/mol. The summed E-state index contributed by atoms with van der Waals surface area (Å²) in [6, 6.07) is 2.03. The zero-order valence-corrected chi connectivity index (χ0v) is 12.0. The molecular formula is C14H22N2O3. The first-order chi connectivity index (χ1) is 9.13. The minimum Gasteiger partial charge on any atom is -0.383 e. The van der Waals surface area contributed by atoms with Crippen LogP contribution in [-0.2, 0) is 9.47 Å². The van der Waals surface area contributed by atoms with Crippen molar-refractivity contribution in [2.45, 2.75) is 19.9 Å². The molecule has 0 aliphatic heterocycles. The average Bonchev–Trinajstić information content (AvgIpc) is 2.40. The van der Waals surface area contributed by atoms with Crippen molar-refractivity contribution in [2.24, 2.45) is 0 Å². The summed E-state index contributed by atoms with van der Waals surface area (Å²) < 4.78 is 10.3. The Hall–Kier alpha value is -1.46. The maximum absolute atomic E-state index is 10.8. The molecule has 0 saturated carbocycles. The van der Waals surface area contributed by atoms with E-state index in [2.05, 4.69) is 16.8 Å². The van der Waals surface area contributed by atoms with Crippen molar-refractivity contribution in [3.63, 3.8) is 0 Å². The third-order valence-electron chi connectivity index (χ3n) is 2.96. The van der Waals surface area contributed by atoms with Gasteiger partial charge in [-0.2, -0.15) is 0 Å². The molecule has 0 spiro atoms. The first kappa shape index (κ1) is 15.6. The van der Waals surface area contributed by atoms with Gasteiger partial charge in [-0.3, -0.25) is 4.79 Å². The number of pyridine rings is 1. The lowest BCUT2D eigenvalue weighted by Crippen LogP contribution is -2.39. The molecule has 1 aromatic heterocycles. The van der Waals surface area contributed by atoms with Gasteiger partial charge in [-0.15, -0.1) is 0 Å². The number of methoxy groups -OCH3 is 2. The Kier molecular flexibility index (Phi) is 6.45. The Labute approximate surface area is 114 Å². The van der Waals surface area contributed by atoms with Gasteiger partial charge >= 0.3 is 0 Å². The van der Waals surface area contributed by atoms with Crippen molar-refractivity contribution in [1.82, 2.24) is 4.98 Å². The largest absolute Gasteiger partial charge is 0.383 e. The van der Waals surface area contributed by atoms with Gasteiger partial charge in [0.05, 0.1) is 19.3 Å². The number of hydrogen-bond donors (Lipinski definition) is 0. The molecule has 5 heteroatoms. The number of ether oxygens (including phenoxy) is 2. The van der Waals surface area contributed by atoms with Crippen LogP contribution in [0.1, 0.15) is 22.8 Å². The second kappa shape index (κ2) is 7.86. The maximum atomic E-state index is 10.8. The number of hydrogen-bond acceptors (Lipinski definition) is 5. The molecule has 0 N–H and O–H groups in total. The quantitative estimate of drug-likeness (QED) is 0.670. The molecule has 1 atom stereocenters. The van der Waals surface area contributed by atoms with Crippen LogP contribution in [0.2, 0.25) is 0 Å². The highest BCUT2D eigenvalue weighted by Gasteiger charge is 2.17. The zero-order valence-electron chi connectivity index (χ0n) is 12.0. The number of rotatable bonds is 8. The molecule has 0 aromatic carbocycles. The van der Waals surface area contributed by atoms with Gasteiger partial charge in [-0.1, -0.05) is 0 Å². The number of aryl methyl sites for hydroxylation is 1. The van der Waals surface area contributed by atoms with Crippen LogP contribution in [0.3, 0.4) is 0 Å². The van der Waals surface area contributed by atoms with Gasteiger partial charge in [-0.05, 0) is 25.5 Å². The van der Waals surface area contributed by atoms with E-state index in [1.54, 1.807) is 20.4 Å². The van der Waals surface area contributed by atoms with E-state index in [1.807, 2.05) is 13.0 Å². The fourth-order valence-corrected chi connectivity index (χ4v) is 2.01. The van der Waals surface area contributed by atoms with E-state index in [1.165, 1.54) is 0 Å². The highest BCUT2D eigenvalue weighted by atomic mass is 16.5. The summed E-state index contributed by atoms with van der Waals surface area (Å²) in [6.07, 6.45) is 2.40. The van der Waals surface area contributed by atoms with Crippen LogP contribution in [0.15, 0.2) is 12.3 Å². The predicted octanol–water partition coefficient (Wildman–Crippen LogP) is 1.69. The second-order valence-electron chi connectivity index (χ2n) is 4.52. The van der Waals surface area contributed by atoms with Gasteiger partial charge in [0.15, 0.2) is 6.29 Å². The summed E-state index contributed by atoms with van der Waals surface area (Å²) in [5.41, 5.74) is 1.57. The summed E-state index contributed by atoms with van der Waals surface area (Å²) in [5.74, 6) is 0.868. The van der Waals surface area contributed by atoms with Gasteiger partial charge in [-0.25, -0.2) is 4.98 Å². The molecule has 5 nitrogen and oxygen atoms in total. The van der Waals surface area contributed by atoms with Crippen LogP contribution in [0, 0.1) is 6.92 Å². The highest BCUT2D eigenvalue weighted by molar-refractivity contribution is 5.75. The normalized spacial score (nSPS) is 12.2. The zero-order chi connectivity index (χ0) is 14.3. The van der Waals surface area contributed by atoms with Crippen molar-refractivity contribution in [3.05, 3.63) is 23.4 Å². The minimum absolute atomic E-state index is 0.188. The summed E-state index contributed by atoms with van der Waals surface area (Å²) in [6.45, 7) is 5.99. The number of aromatic nitrogens is 1. The lowest BCUT2D eigenvalue weighted by Gasteiger charge is -2.30. The van der Waals surface area contributed by atoms with Gasteiger partial charge in [0.2, 0.25) is 0 Å². The lowest BCUT2D eigenvalue weighted by molar-refractivity contribution is 0.112. The number of aldehydes is 1. The van der Waals surface area contributed by atoms with E-state index in [4.69, 9.17) is 9.47 Å².